The molecule has 1 amide bonds. The molecule has 2 N–H and O–H groups in total. The zero-order valence-corrected chi connectivity index (χ0v) is 15.1. The predicted molar refractivity (Wildman–Crippen MR) is 92.7 cm³/mol. The SMILES string of the molecule is CC(CNC(=O)OC(C)(C)C)NCc1ccc(OC(C)C)cc1. The van der Waals surface area contributed by atoms with Gasteiger partial charge in [-0.1, -0.05) is 12.1 Å². The Hall–Kier alpha value is -1.75. The van der Waals surface area contributed by atoms with Crippen molar-refractivity contribution in [1.82, 2.24) is 10.6 Å². The van der Waals surface area contributed by atoms with Gasteiger partial charge in [-0.2, -0.15) is 0 Å². The second-order valence-corrected chi connectivity index (χ2v) is 6.98. The lowest BCUT2D eigenvalue weighted by atomic mass is 10.2. The molecule has 0 heterocycles. The Morgan fingerprint density at radius 3 is 2.26 bits per heavy atom. The van der Waals surface area contributed by atoms with E-state index in [9.17, 15) is 4.79 Å². The van der Waals surface area contributed by atoms with Crippen molar-refractivity contribution in [2.24, 2.45) is 0 Å². The van der Waals surface area contributed by atoms with Gasteiger partial charge in [-0.3, -0.25) is 0 Å². The first-order chi connectivity index (χ1) is 10.7. The molecule has 1 aromatic rings. The average molecular weight is 322 g/mol. The molecule has 0 aliphatic carbocycles. The molecule has 1 rings (SSSR count). The average Bonchev–Trinajstić information content (AvgIpc) is 2.42. The van der Waals surface area contributed by atoms with Gasteiger partial charge in [-0.15, -0.1) is 0 Å². The molecule has 130 valence electrons. The minimum Gasteiger partial charge on any atom is -0.491 e. The Kier molecular flexibility index (Phi) is 7.36. The highest BCUT2D eigenvalue weighted by molar-refractivity contribution is 5.67. The number of benzene rings is 1. The summed E-state index contributed by atoms with van der Waals surface area (Å²) in [6, 6.07) is 8.17. The van der Waals surface area contributed by atoms with Crippen LogP contribution in [-0.2, 0) is 11.3 Å². The van der Waals surface area contributed by atoms with Crippen LogP contribution in [0.4, 0.5) is 4.79 Å². The Morgan fingerprint density at radius 2 is 1.74 bits per heavy atom. The maximum Gasteiger partial charge on any atom is 0.407 e. The summed E-state index contributed by atoms with van der Waals surface area (Å²) < 4.78 is 10.8. The largest absolute Gasteiger partial charge is 0.491 e. The highest BCUT2D eigenvalue weighted by Crippen LogP contribution is 2.13. The normalized spacial score (nSPS) is 12.8. The van der Waals surface area contributed by atoms with Gasteiger partial charge in [0.1, 0.15) is 11.4 Å². The van der Waals surface area contributed by atoms with Crippen molar-refractivity contribution >= 4 is 6.09 Å². The molecule has 0 spiro atoms. The van der Waals surface area contributed by atoms with E-state index in [2.05, 4.69) is 10.6 Å². The van der Waals surface area contributed by atoms with Crippen LogP contribution in [0.2, 0.25) is 0 Å². The minimum atomic E-state index is -0.472. The molecule has 0 saturated carbocycles. The number of carbonyl (C=O) groups is 1. The first kappa shape index (κ1) is 19.3. The summed E-state index contributed by atoms with van der Waals surface area (Å²) in [4.78, 5) is 11.6. The third-order valence-corrected chi connectivity index (χ3v) is 2.90. The van der Waals surface area contributed by atoms with E-state index >= 15 is 0 Å². The van der Waals surface area contributed by atoms with Gasteiger partial charge in [0.2, 0.25) is 0 Å². The smallest absolute Gasteiger partial charge is 0.407 e. The molecule has 5 heteroatoms. The number of hydrogen-bond donors (Lipinski definition) is 2. The van der Waals surface area contributed by atoms with Crippen LogP contribution >= 0.6 is 0 Å². The van der Waals surface area contributed by atoms with E-state index < -0.39 is 5.60 Å². The quantitative estimate of drug-likeness (QED) is 0.807. The Labute approximate surface area is 139 Å². The third kappa shape index (κ3) is 9.08. The fourth-order valence-corrected chi connectivity index (χ4v) is 1.87. The van der Waals surface area contributed by atoms with Gasteiger partial charge in [0.15, 0.2) is 0 Å². The predicted octanol–water partition coefficient (Wildman–Crippen LogP) is 3.48. The van der Waals surface area contributed by atoms with Crippen molar-refractivity contribution in [3.8, 4) is 5.75 Å². The Bertz CT molecular complexity index is 478. The van der Waals surface area contributed by atoms with Crippen molar-refractivity contribution < 1.29 is 14.3 Å². The lowest BCUT2D eigenvalue weighted by molar-refractivity contribution is 0.0523. The standard InChI is InChI=1S/C18H30N2O3/c1-13(2)22-16-9-7-15(8-10-16)12-19-14(3)11-20-17(21)23-18(4,5)6/h7-10,13-14,19H,11-12H2,1-6H3,(H,20,21). The van der Waals surface area contributed by atoms with Gasteiger partial charge in [0.05, 0.1) is 6.10 Å². The van der Waals surface area contributed by atoms with Gasteiger partial charge in [-0.25, -0.2) is 4.79 Å². The number of carbonyl (C=O) groups excluding carboxylic acids is 1. The van der Waals surface area contributed by atoms with Gasteiger partial charge in [0.25, 0.3) is 0 Å². The summed E-state index contributed by atoms with van der Waals surface area (Å²) in [5, 5.41) is 6.13. The lowest BCUT2D eigenvalue weighted by Crippen LogP contribution is -2.40. The number of ether oxygens (including phenoxy) is 2. The van der Waals surface area contributed by atoms with Crippen LogP contribution in [0.3, 0.4) is 0 Å². The summed E-state index contributed by atoms with van der Waals surface area (Å²) in [7, 11) is 0. The van der Waals surface area contributed by atoms with Crippen LogP contribution in [-0.4, -0.2) is 30.4 Å². The summed E-state index contributed by atoms with van der Waals surface area (Å²) in [6.07, 6.45) is -0.209. The topological polar surface area (TPSA) is 59.6 Å². The van der Waals surface area contributed by atoms with Crippen molar-refractivity contribution in [2.45, 2.75) is 65.8 Å². The summed E-state index contributed by atoms with van der Waals surface area (Å²) in [6.45, 7) is 12.8. The highest BCUT2D eigenvalue weighted by Gasteiger charge is 2.16. The van der Waals surface area contributed by atoms with Crippen molar-refractivity contribution in [1.29, 1.82) is 0 Å². The maximum absolute atomic E-state index is 11.6. The van der Waals surface area contributed by atoms with Crippen molar-refractivity contribution in [3.05, 3.63) is 29.8 Å². The molecule has 0 bridgehead atoms. The van der Waals surface area contributed by atoms with Crippen LogP contribution in [0.5, 0.6) is 5.75 Å². The van der Waals surface area contributed by atoms with Crippen LogP contribution in [0, 0.1) is 0 Å². The Morgan fingerprint density at radius 1 is 1.13 bits per heavy atom. The van der Waals surface area contributed by atoms with E-state index in [1.54, 1.807) is 0 Å². The molecule has 1 unspecified atom stereocenters. The van der Waals surface area contributed by atoms with Gasteiger partial charge < -0.3 is 20.1 Å². The van der Waals surface area contributed by atoms with Gasteiger partial charge in [0, 0.05) is 19.1 Å². The number of amides is 1. The molecule has 5 nitrogen and oxygen atoms in total. The third-order valence-electron chi connectivity index (χ3n) is 2.90. The number of hydrogen-bond acceptors (Lipinski definition) is 4. The molecule has 1 atom stereocenters. The minimum absolute atomic E-state index is 0.147. The zero-order valence-electron chi connectivity index (χ0n) is 15.1. The van der Waals surface area contributed by atoms with Gasteiger partial charge >= 0.3 is 6.09 Å². The van der Waals surface area contributed by atoms with Gasteiger partial charge in [-0.05, 0) is 59.2 Å². The molecule has 0 saturated heterocycles. The molecule has 1 aromatic carbocycles. The van der Waals surface area contributed by atoms with Crippen molar-refractivity contribution in [3.63, 3.8) is 0 Å². The number of nitrogens with one attached hydrogen (secondary N) is 2. The second kappa shape index (κ2) is 8.77. The van der Waals surface area contributed by atoms with Crippen LogP contribution in [0.1, 0.15) is 47.1 Å². The summed E-state index contributed by atoms with van der Waals surface area (Å²) in [5.41, 5.74) is 0.700. The Balaban J connectivity index is 2.30. The number of alkyl carbamates (subject to hydrolysis) is 1. The first-order valence-electron chi connectivity index (χ1n) is 8.11. The van der Waals surface area contributed by atoms with Crippen LogP contribution < -0.4 is 15.4 Å². The van der Waals surface area contributed by atoms with E-state index in [-0.39, 0.29) is 18.2 Å². The van der Waals surface area contributed by atoms with Crippen molar-refractivity contribution in [2.75, 3.05) is 6.54 Å². The molecular formula is C18H30N2O3. The van der Waals surface area contributed by atoms with E-state index in [0.717, 1.165) is 12.3 Å². The molecule has 0 aliphatic rings. The lowest BCUT2D eigenvalue weighted by Gasteiger charge is -2.21. The maximum atomic E-state index is 11.6. The molecular weight excluding hydrogens is 292 g/mol. The molecule has 0 fully saturated rings. The summed E-state index contributed by atoms with van der Waals surface area (Å²) in [5.74, 6) is 0.878. The summed E-state index contributed by atoms with van der Waals surface area (Å²) >= 11 is 0. The molecule has 0 aliphatic heterocycles. The van der Waals surface area contributed by atoms with E-state index in [1.807, 2.05) is 65.8 Å². The van der Waals surface area contributed by atoms with E-state index in [4.69, 9.17) is 9.47 Å². The fraction of sp³-hybridized carbons (Fsp3) is 0.611. The molecule has 0 radical (unpaired) electrons. The zero-order chi connectivity index (χ0) is 17.5. The second-order valence-electron chi connectivity index (χ2n) is 6.98. The number of rotatable bonds is 7. The van der Waals surface area contributed by atoms with E-state index in [0.29, 0.717) is 6.54 Å². The van der Waals surface area contributed by atoms with E-state index in [1.165, 1.54) is 5.56 Å². The van der Waals surface area contributed by atoms with Crippen LogP contribution in [0.25, 0.3) is 0 Å². The first-order valence-corrected chi connectivity index (χ1v) is 8.11. The van der Waals surface area contributed by atoms with Crippen LogP contribution in [0.15, 0.2) is 24.3 Å². The monoisotopic (exact) mass is 322 g/mol. The fourth-order valence-electron chi connectivity index (χ4n) is 1.87. The molecule has 23 heavy (non-hydrogen) atoms. The highest BCUT2D eigenvalue weighted by atomic mass is 16.6. The molecule has 0 aromatic heterocycles.